The van der Waals surface area contributed by atoms with Gasteiger partial charge in [0.05, 0.1) is 18.6 Å². The molecule has 6 heteroatoms. The lowest BCUT2D eigenvalue weighted by Gasteiger charge is -2.15. The highest BCUT2D eigenvalue weighted by Crippen LogP contribution is 2.38. The van der Waals surface area contributed by atoms with Gasteiger partial charge in [0.25, 0.3) is 16.0 Å². The van der Waals surface area contributed by atoms with Gasteiger partial charge in [0, 0.05) is 17.5 Å². The molecule has 1 amide bonds. The number of rotatable bonds is 5. The summed E-state index contributed by atoms with van der Waals surface area (Å²) >= 11 is 0. The summed E-state index contributed by atoms with van der Waals surface area (Å²) in [7, 11) is -3.52. The summed E-state index contributed by atoms with van der Waals surface area (Å²) in [4.78, 5) is 14.1. The van der Waals surface area contributed by atoms with E-state index in [1.165, 1.54) is 0 Å². The van der Waals surface area contributed by atoms with E-state index in [1.54, 1.807) is 29.2 Å². The zero-order valence-corrected chi connectivity index (χ0v) is 12.9. The van der Waals surface area contributed by atoms with Gasteiger partial charge in [-0.1, -0.05) is 24.3 Å². The Morgan fingerprint density at radius 2 is 2.05 bits per heavy atom. The molecule has 1 aliphatic rings. The predicted molar refractivity (Wildman–Crippen MR) is 85.5 cm³/mol. The average molecular weight is 317 g/mol. The molecular weight excluding hydrogens is 302 g/mol. The molecule has 0 unspecified atom stereocenters. The third kappa shape index (κ3) is 2.40. The molecular formula is C16H15NO4S. The molecule has 0 radical (unpaired) electrons. The highest BCUT2D eigenvalue weighted by Gasteiger charge is 2.29. The Morgan fingerprint density at radius 1 is 1.27 bits per heavy atom. The smallest absolute Gasteiger partial charge is 0.264 e. The van der Waals surface area contributed by atoms with Crippen LogP contribution >= 0.6 is 0 Å². The number of hydrogen-bond donors (Lipinski definition) is 0. The predicted octanol–water partition coefficient (Wildman–Crippen LogP) is 2.46. The Bertz CT molecular complexity index is 886. The summed E-state index contributed by atoms with van der Waals surface area (Å²) in [6.07, 6.45) is 2.69. The standard InChI is InChI=1S/C16H15NO4S/c1-3-9-17-14-8-7-11(10-21-22(2,19)20)12-5-4-6-13(15(12)14)16(17)18/h3-8H,1,9-10H2,2H3. The van der Waals surface area contributed by atoms with Crippen LogP contribution in [0, 0.1) is 0 Å². The Kier molecular flexibility index (Phi) is 3.50. The van der Waals surface area contributed by atoms with Gasteiger partial charge in [-0.05, 0) is 23.1 Å². The van der Waals surface area contributed by atoms with E-state index in [4.69, 9.17) is 4.18 Å². The Hall–Kier alpha value is -2.18. The minimum atomic E-state index is -3.52. The molecule has 2 aromatic rings. The summed E-state index contributed by atoms with van der Waals surface area (Å²) in [6, 6.07) is 9.05. The molecule has 0 N–H and O–H groups in total. The van der Waals surface area contributed by atoms with Crippen LogP contribution in [-0.2, 0) is 20.9 Å². The lowest BCUT2D eigenvalue weighted by molar-refractivity contribution is 0.0996. The Balaban J connectivity index is 2.14. The van der Waals surface area contributed by atoms with Crippen molar-refractivity contribution in [2.24, 2.45) is 0 Å². The number of amides is 1. The number of anilines is 1. The fraction of sp³-hybridized carbons (Fsp3) is 0.188. The maximum Gasteiger partial charge on any atom is 0.264 e. The summed E-state index contributed by atoms with van der Waals surface area (Å²) < 4.78 is 27.2. The first kappa shape index (κ1) is 14.7. The van der Waals surface area contributed by atoms with Crippen LogP contribution in [0.25, 0.3) is 10.8 Å². The molecule has 3 rings (SSSR count). The SMILES string of the molecule is C=CCN1C(=O)c2cccc3c(COS(C)(=O)=O)ccc1c23. The molecule has 0 fully saturated rings. The van der Waals surface area contributed by atoms with Gasteiger partial charge < -0.3 is 4.90 Å². The Labute approximate surface area is 128 Å². The van der Waals surface area contributed by atoms with E-state index in [9.17, 15) is 13.2 Å². The van der Waals surface area contributed by atoms with Crippen molar-refractivity contribution in [2.75, 3.05) is 17.7 Å². The molecule has 22 heavy (non-hydrogen) atoms. The normalized spacial score (nSPS) is 13.9. The number of benzene rings is 2. The fourth-order valence-electron chi connectivity index (χ4n) is 2.71. The van der Waals surface area contributed by atoms with Crippen molar-refractivity contribution >= 4 is 32.5 Å². The summed E-state index contributed by atoms with van der Waals surface area (Å²) in [5, 5.41) is 1.67. The van der Waals surface area contributed by atoms with Crippen molar-refractivity contribution in [3.05, 3.63) is 54.1 Å². The molecule has 0 aliphatic carbocycles. The monoisotopic (exact) mass is 317 g/mol. The van der Waals surface area contributed by atoms with Crippen LogP contribution in [0.2, 0.25) is 0 Å². The summed E-state index contributed by atoms with van der Waals surface area (Å²) in [5.74, 6) is -0.0679. The summed E-state index contributed by atoms with van der Waals surface area (Å²) in [6.45, 7) is 4.06. The largest absolute Gasteiger partial charge is 0.304 e. The van der Waals surface area contributed by atoms with E-state index >= 15 is 0 Å². The van der Waals surface area contributed by atoms with Crippen LogP contribution in [-0.4, -0.2) is 27.1 Å². The van der Waals surface area contributed by atoms with Gasteiger partial charge in [0.2, 0.25) is 0 Å². The average Bonchev–Trinajstić information content (AvgIpc) is 2.74. The first-order valence-corrected chi connectivity index (χ1v) is 8.56. The van der Waals surface area contributed by atoms with Gasteiger partial charge in [-0.2, -0.15) is 8.42 Å². The molecule has 5 nitrogen and oxygen atoms in total. The van der Waals surface area contributed by atoms with Crippen molar-refractivity contribution in [1.82, 2.24) is 0 Å². The lowest BCUT2D eigenvalue weighted by Crippen LogP contribution is -2.26. The van der Waals surface area contributed by atoms with Crippen LogP contribution in [0.4, 0.5) is 5.69 Å². The first-order valence-electron chi connectivity index (χ1n) is 6.74. The van der Waals surface area contributed by atoms with Gasteiger partial charge >= 0.3 is 0 Å². The van der Waals surface area contributed by atoms with Gasteiger partial charge in [-0.3, -0.25) is 8.98 Å². The molecule has 2 aromatic carbocycles. The molecule has 0 saturated carbocycles. The maximum absolute atomic E-state index is 12.4. The van der Waals surface area contributed by atoms with E-state index in [2.05, 4.69) is 6.58 Å². The third-order valence-corrected chi connectivity index (χ3v) is 4.16. The third-order valence-electron chi connectivity index (χ3n) is 3.62. The molecule has 1 heterocycles. The second-order valence-corrected chi connectivity index (χ2v) is 6.79. The van der Waals surface area contributed by atoms with Crippen LogP contribution in [0.3, 0.4) is 0 Å². The molecule has 1 aliphatic heterocycles. The van der Waals surface area contributed by atoms with Crippen molar-refractivity contribution in [2.45, 2.75) is 6.61 Å². The van der Waals surface area contributed by atoms with Gasteiger partial charge in [-0.15, -0.1) is 6.58 Å². The van der Waals surface area contributed by atoms with Crippen molar-refractivity contribution in [3.8, 4) is 0 Å². The molecule has 0 atom stereocenters. The maximum atomic E-state index is 12.4. The molecule has 0 saturated heterocycles. The molecule has 0 spiro atoms. The van der Waals surface area contributed by atoms with E-state index in [1.807, 2.05) is 12.1 Å². The number of carbonyl (C=O) groups is 1. The van der Waals surface area contributed by atoms with Gasteiger partial charge in [0.1, 0.15) is 0 Å². The Morgan fingerprint density at radius 3 is 2.73 bits per heavy atom. The number of carbonyl (C=O) groups excluding carboxylic acids is 1. The van der Waals surface area contributed by atoms with E-state index in [0.717, 1.165) is 28.3 Å². The van der Waals surface area contributed by atoms with Crippen LogP contribution in [0.15, 0.2) is 43.0 Å². The summed E-state index contributed by atoms with van der Waals surface area (Å²) in [5.41, 5.74) is 2.17. The van der Waals surface area contributed by atoms with Crippen LogP contribution in [0.5, 0.6) is 0 Å². The van der Waals surface area contributed by atoms with E-state index in [0.29, 0.717) is 12.1 Å². The number of hydrogen-bond acceptors (Lipinski definition) is 4. The lowest BCUT2D eigenvalue weighted by atomic mass is 10.0. The molecule has 0 bridgehead atoms. The van der Waals surface area contributed by atoms with Crippen LogP contribution < -0.4 is 4.90 Å². The second kappa shape index (κ2) is 5.23. The van der Waals surface area contributed by atoms with Gasteiger partial charge in [-0.25, -0.2) is 0 Å². The minimum Gasteiger partial charge on any atom is -0.304 e. The zero-order chi connectivity index (χ0) is 15.9. The van der Waals surface area contributed by atoms with E-state index in [-0.39, 0.29) is 12.5 Å². The number of nitrogens with zero attached hydrogens (tertiary/aromatic N) is 1. The fourth-order valence-corrected chi connectivity index (χ4v) is 3.05. The molecule has 0 aromatic heterocycles. The topological polar surface area (TPSA) is 63.7 Å². The quantitative estimate of drug-likeness (QED) is 0.628. The van der Waals surface area contributed by atoms with Gasteiger partial charge in [0.15, 0.2) is 0 Å². The second-order valence-electron chi connectivity index (χ2n) is 5.14. The highest BCUT2D eigenvalue weighted by molar-refractivity contribution is 7.85. The highest BCUT2D eigenvalue weighted by atomic mass is 32.2. The van der Waals surface area contributed by atoms with Crippen molar-refractivity contribution < 1.29 is 17.4 Å². The van der Waals surface area contributed by atoms with Crippen molar-refractivity contribution in [3.63, 3.8) is 0 Å². The van der Waals surface area contributed by atoms with Crippen LogP contribution in [0.1, 0.15) is 15.9 Å². The minimum absolute atomic E-state index is 0.0469. The first-order chi connectivity index (χ1) is 10.4. The zero-order valence-electron chi connectivity index (χ0n) is 12.1. The molecule has 114 valence electrons. The van der Waals surface area contributed by atoms with Crippen molar-refractivity contribution in [1.29, 1.82) is 0 Å². The van der Waals surface area contributed by atoms with E-state index < -0.39 is 10.1 Å².